The fraction of sp³-hybridized carbons (Fsp3) is 0.227. The van der Waals surface area contributed by atoms with Gasteiger partial charge in [-0.2, -0.15) is 11.8 Å². The molecule has 3 rings (SSSR count). The maximum atomic E-state index is 12.9. The molecule has 0 aliphatic heterocycles. The van der Waals surface area contributed by atoms with Gasteiger partial charge in [-0.05, 0) is 42.7 Å². The Bertz CT molecular complexity index is 956. The van der Waals surface area contributed by atoms with Crippen molar-refractivity contribution in [2.24, 2.45) is 0 Å². The molecule has 1 aromatic heterocycles. The van der Waals surface area contributed by atoms with E-state index in [-0.39, 0.29) is 18.1 Å². The van der Waals surface area contributed by atoms with Gasteiger partial charge in [0.25, 0.3) is 5.91 Å². The van der Waals surface area contributed by atoms with Crippen LogP contribution in [0.15, 0.2) is 60.0 Å². The Morgan fingerprint density at radius 3 is 2.55 bits per heavy atom. The van der Waals surface area contributed by atoms with Crippen LogP contribution in [-0.2, 0) is 11.2 Å². The first-order valence-electron chi connectivity index (χ1n) is 9.24. The maximum Gasteiger partial charge on any atom is 0.251 e. The molecule has 2 aromatic carbocycles. The Balaban J connectivity index is 1.68. The lowest BCUT2D eigenvalue weighted by atomic mass is 10.1. The van der Waals surface area contributed by atoms with Crippen LogP contribution in [0.2, 0.25) is 0 Å². The number of anilines is 1. The van der Waals surface area contributed by atoms with Gasteiger partial charge in [-0.3, -0.25) is 9.59 Å². The third-order valence-electron chi connectivity index (χ3n) is 4.42. The normalized spacial score (nSPS) is 11.8. The predicted octanol–water partition coefficient (Wildman–Crippen LogP) is 4.06. The van der Waals surface area contributed by atoms with Crippen molar-refractivity contribution in [1.29, 1.82) is 0 Å². The van der Waals surface area contributed by atoms with Crippen LogP contribution in [-0.4, -0.2) is 34.7 Å². The molecule has 7 heteroatoms. The number of benzene rings is 2. The molecule has 0 bridgehead atoms. The number of hydrogen-bond acceptors (Lipinski definition) is 6. The largest absolute Gasteiger partial charge is 0.399 e. The third kappa shape index (κ3) is 5.92. The van der Waals surface area contributed by atoms with Crippen molar-refractivity contribution < 1.29 is 9.59 Å². The predicted molar refractivity (Wildman–Crippen MR) is 121 cm³/mol. The van der Waals surface area contributed by atoms with Gasteiger partial charge in [-0.1, -0.05) is 30.3 Å². The summed E-state index contributed by atoms with van der Waals surface area (Å²) in [6.45, 7) is 0. The minimum Gasteiger partial charge on any atom is -0.399 e. The van der Waals surface area contributed by atoms with Gasteiger partial charge in [-0.25, -0.2) is 4.98 Å². The summed E-state index contributed by atoms with van der Waals surface area (Å²) in [5.41, 5.74) is 8.65. The molecule has 3 aromatic rings. The van der Waals surface area contributed by atoms with Crippen molar-refractivity contribution >= 4 is 40.5 Å². The van der Waals surface area contributed by atoms with Crippen molar-refractivity contribution in [2.75, 3.05) is 17.7 Å². The van der Waals surface area contributed by atoms with Crippen LogP contribution >= 0.6 is 23.1 Å². The van der Waals surface area contributed by atoms with Gasteiger partial charge >= 0.3 is 0 Å². The topological polar surface area (TPSA) is 85.1 Å². The SMILES string of the molecule is CSCC[C@H](NC(=O)c1ccc(N)cc1)C(=O)Cc1nc(-c2ccccc2)cs1. The van der Waals surface area contributed by atoms with Crippen LogP contribution in [0.1, 0.15) is 21.8 Å². The van der Waals surface area contributed by atoms with Crippen LogP contribution in [0, 0.1) is 0 Å². The number of thioether (sulfide) groups is 1. The molecule has 29 heavy (non-hydrogen) atoms. The number of rotatable bonds is 9. The number of hydrogen-bond donors (Lipinski definition) is 2. The molecule has 0 aliphatic carbocycles. The quantitative estimate of drug-likeness (QED) is 0.505. The first-order valence-corrected chi connectivity index (χ1v) is 11.5. The average Bonchev–Trinajstić information content (AvgIpc) is 3.20. The number of nitrogen functional groups attached to an aromatic ring is 1. The molecule has 0 saturated heterocycles. The number of carbonyl (C=O) groups excluding carboxylic acids is 2. The third-order valence-corrected chi connectivity index (χ3v) is 5.92. The number of aromatic nitrogens is 1. The highest BCUT2D eigenvalue weighted by Gasteiger charge is 2.22. The highest BCUT2D eigenvalue weighted by Crippen LogP contribution is 2.22. The second-order valence-electron chi connectivity index (χ2n) is 6.57. The minimum atomic E-state index is -0.545. The first-order chi connectivity index (χ1) is 14.1. The zero-order valence-electron chi connectivity index (χ0n) is 16.1. The number of Topliss-reactive ketones (excluding diaryl/α,β-unsaturated/α-hetero) is 1. The van der Waals surface area contributed by atoms with Gasteiger partial charge < -0.3 is 11.1 Å². The Labute approximate surface area is 178 Å². The Morgan fingerprint density at radius 1 is 1.14 bits per heavy atom. The van der Waals surface area contributed by atoms with E-state index in [9.17, 15) is 9.59 Å². The molecule has 150 valence electrons. The number of thiazole rings is 1. The van der Waals surface area contributed by atoms with E-state index in [4.69, 9.17) is 5.73 Å². The molecule has 3 N–H and O–H groups in total. The molecule has 0 unspecified atom stereocenters. The van der Waals surface area contributed by atoms with E-state index in [1.807, 2.05) is 42.0 Å². The van der Waals surface area contributed by atoms with Gasteiger partial charge in [0.15, 0.2) is 5.78 Å². The van der Waals surface area contributed by atoms with Gasteiger partial charge in [-0.15, -0.1) is 11.3 Å². The van der Waals surface area contributed by atoms with Crippen LogP contribution in [0.5, 0.6) is 0 Å². The van der Waals surface area contributed by atoms with Crippen molar-refractivity contribution in [3.63, 3.8) is 0 Å². The maximum absolute atomic E-state index is 12.9. The number of nitrogens with zero attached hydrogens (tertiary/aromatic N) is 1. The second-order valence-corrected chi connectivity index (χ2v) is 8.49. The number of carbonyl (C=O) groups is 2. The lowest BCUT2D eigenvalue weighted by Crippen LogP contribution is -2.42. The molecule has 1 heterocycles. The van der Waals surface area contributed by atoms with E-state index < -0.39 is 6.04 Å². The lowest BCUT2D eigenvalue weighted by Gasteiger charge is -2.17. The van der Waals surface area contributed by atoms with Crippen LogP contribution in [0.4, 0.5) is 5.69 Å². The summed E-state index contributed by atoms with van der Waals surface area (Å²) in [7, 11) is 0. The standard InChI is InChI=1S/C22H23N3O2S2/c1-28-12-11-18(25-22(27)16-7-9-17(23)10-8-16)20(26)13-21-24-19(14-29-21)15-5-3-2-4-6-15/h2-10,14,18H,11-13,23H2,1H3,(H,25,27)/t18-/m0/s1. The van der Waals surface area contributed by atoms with Gasteiger partial charge in [0.1, 0.15) is 5.01 Å². The fourth-order valence-corrected chi connectivity index (χ4v) is 4.12. The number of amides is 1. The van der Waals surface area contributed by atoms with E-state index in [0.29, 0.717) is 17.7 Å². The molecule has 1 amide bonds. The van der Waals surface area contributed by atoms with Crippen molar-refractivity contribution in [3.05, 3.63) is 70.5 Å². The zero-order chi connectivity index (χ0) is 20.6. The molecule has 5 nitrogen and oxygen atoms in total. The smallest absolute Gasteiger partial charge is 0.251 e. The van der Waals surface area contributed by atoms with Crippen molar-refractivity contribution in [1.82, 2.24) is 10.3 Å². The zero-order valence-corrected chi connectivity index (χ0v) is 17.8. The molecular formula is C22H23N3O2S2. The van der Waals surface area contributed by atoms with E-state index in [1.165, 1.54) is 11.3 Å². The summed E-state index contributed by atoms with van der Waals surface area (Å²) in [6, 6.07) is 16.0. The molecule has 0 aliphatic rings. The summed E-state index contributed by atoms with van der Waals surface area (Å²) in [5.74, 6) is 0.483. The highest BCUT2D eigenvalue weighted by molar-refractivity contribution is 7.98. The Morgan fingerprint density at radius 2 is 1.86 bits per heavy atom. The summed E-state index contributed by atoms with van der Waals surface area (Å²) < 4.78 is 0. The molecule has 1 atom stereocenters. The van der Waals surface area contributed by atoms with E-state index >= 15 is 0 Å². The second kappa shape index (κ2) is 10.2. The number of nitrogens with two attached hydrogens (primary N) is 1. The fourth-order valence-electron chi connectivity index (χ4n) is 2.83. The van der Waals surface area contributed by atoms with E-state index in [1.54, 1.807) is 36.0 Å². The molecule has 0 radical (unpaired) electrons. The molecule has 0 fully saturated rings. The minimum absolute atomic E-state index is 0.0307. The number of ketones is 1. The monoisotopic (exact) mass is 425 g/mol. The lowest BCUT2D eigenvalue weighted by molar-refractivity contribution is -0.120. The summed E-state index contributed by atoms with van der Waals surface area (Å²) in [6.07, 6.45) is 2.77. The van der Waals surface area contributed by atoms with Crippen LogP contribution in [0.25, 0.3) is 11.3 Å². The molecule has 0 saturated carbocycles. The Hall–Kier alpha value is -2.64. The van der Waals surface area contributed by atoms with Crippen LogP contribution < -0.4 is 11.1 Å². The summed E-state index contributed by atoms with van der Waals surface area (Å²) >= 11 is 3.11. The average molecular weight is 426 g/mol. The van der Waals surface area contributed by atoms with Crippen molar-refractivity contribution in [2.45, 2.75) is 18.9 Å². The van der Waals surface area contributed by atoms with Crippen molar-refractivity contribution in [3.8, 4) is 11.3 Å². The molecule has 0 spiro atoms. The van der Waals surface area contributed by atoms with Gasteiger partial charge in [0.05, 0.1) is 18.2 Å². The molecular weight excluding hydrogens is 402 g/mol. The summed E-state index contributed by atoms with van der Waals surface area (Å²) in [5, 5.41) is 5.59. The number of nitrogens with one attached hydrogen (secondary N) is 1. The Kier molecular flexibility index (Phi) is 7.43. The van der Waals surface area contributed by atoms with Crippen LogP contribution in [0.3, 0.4) is 0 Å². The van der Waals surface area contributed by atoms with E-state index in [2.05, 4.69) is 10.3 Å². The first kappa shape index (κ1) is 21.1. The van der Waals surface area contributed by atoms with Gasteiger partial charge in [0, 0.05) is 22.2 Å². The highest BCUT2D eigenvalue weighted by atomic mass is 32.2. The van der Waals surface area contributed by atoms with E-state index in [0.717, 1.165) is 22.0 Å². The summed E-state index contributed by atoms with van der Waals surface area (Å²) in [4.78, 5) is 30.1. The van der Waals surface area contributed by atoms with Gasteiger partial charge in [0.2, 0.25) is 0 Å².